The summed E-state index contributed by atoms with van der Waals surface area (Å²) in [6, 6.07) is 7.59. The molecule has 3 rings (SSSR count). The van der Waals surface area contributed by atoms with Crippen LogP contribution >= 0.6 is 11.6 Å². The number of nitro benzene ring substituents is 1. The summed E-state index contributed by atoms with van der Waals surface area (Å²) in [5.41, 5.74) is 1.46. The molecule has 9 heteroatoms. The molecule has 2 heterocycles. The van der Waals surface area contributed by atoms with Crippen LogP contribution in [0.15, 0.2) is 36.5 Å². The number of methoxy groups -OCH3 is 1. The van der Waals surface area contributed by atoms with Crippen molar-refractivity contribution >= 4 is 34.5 Å². The highest BCUT2D eigenvalue weighted by molar-refractivity contribution is 6.32. The molecule has 0 aliphatic rings. The van der Waals surface area contributed by atoms with Crippen molar-refractivity contribution in [1.29, 1.82) is 0 Å². The lowest BCUT2D eigenvalue weighted by Crippen LogP contribution is -2.16. The van der Waals surface area contributed by atoms with Crippen molar-refractivity contribution in [3.63, 3.8) is 0 Å². The first-order valence-electron chi connectivity index (χ1n) is 7.75. The van der Waals surface area contributed by atoms with E-state index in [1.807, 2.05) is 6.92 Å². The average molecular weight is 375 g/mol. The first-order valence-corrected chi connectivity index (χ1v) is 8.13. The van der Waals surface area contributed by atoms with Gasteiger partial charge in [-0.15, -0.1) is 0 Å². The second-order valence-electron chi connectivity index (χ2n) is 5.41. The van der Waals surface area contributed by atoms with E-state index in [0.717, 1.165) is 0 Å². The summed E-state index contributed by atoms with van der Waals surface area (Å²) in [5, 5.41) is 13.7. The fourth-order valence-corrected chi connectivity index (χ4v) is 2.84. The Morgan fingerprint density at radius 3 is 2.85 bits per heavy atom. The summed E-state index contributed by atoms with van der Waals surface area (Å²) in [4.78, 5) is 27.7. The average Bonchev–Trinajstić information content (AvgIpc) is 3.01. The molecule has 0 unspecified atom stereocenters. The van der Waals surface area contributed by atoms with Crippen LogP contribution in [-0.2, 0) is 6.42 Å². The molecule has 0 bridgehead atoms. The van der Waals surface area contributed by atoms with Gasteiger partial charge < -0.3 is 10.1 Å². The number of benzene rings is 1. The van der Waals surface area contributed by atoms with Crippen molar-refractivity contribution in [3.8, 4) is 5.75 Å². The maximum Gasteiger partial charge on any atom is 0.289 e. The van der Waals surface area contributed by atoms with Gasteiger partial charge in [-0.25, -0.2) is 4.98 Å². The summed E-state index contributed by atoms with van der Waals surface area (Å²) in [5.74, 6) is 0.114. The van der Waals surface area contributed by atoms with Gasteiger partial charge in [-0.1, -0.05) is 18.5 Å². The van der Waals surface area contributed by atoms with Gasteiger partial charge in [0.2, 0.25) is 0 Å². The fourth-order valence-electron chi connectivity index (χ4n) is 2.66. The van der Waals surface area contributed by atoms with Crippen LogP contribution in [0.5, 0.6) is 5.75 Å². The number of carbonyl (C=O) groups excluding carboxylic acids is 1. The van der Waals surface area contributed by atoms with Crippen molar-refractivity contribution in [3.05, 3.63) is 63.1 Å². The molecule has 26 heavy (non-hydrogen) atoms. The molecule has 0 fully saturated rings. The Balaban J connectivity index is 2.03. The molecule has 1 amide bonds. The lowest BCUT2D eigenvalue weighted by molar-refractivity contribution is -0.384. The zero-order chi connectivity index (χ0) is 18.8. The number of halogens is 1. The molecule has 3 aromatic rings. The van der Waals surface area contributed by atoms with E-state index >= 15 is 0 Å². The molecular weight excluding hydrogens is 360 g/mol. The molecular formula is C17H15ClN4O4. The number of anilines is 1. The minimum Gasteiger partial charge on any atom is -0.493 e. The SMILES string of the molecule is CCc1nc2c(OC)cccn2c1C(=O)Nc1ccc(Cl)c([N+](=O)[O-])c1. The van der Waals surface area contributed by atoms with Crippen molar-refractivity contribution < 1.29 is 14.5 Å². The predicted molar refractivity (Wildman–Crippen MR) is 97.2 cm³/mol. The third-order valence-corrected chi connectivity index (χ3v) is 4.18. The number of amides is 1. The lowest BCUT2D eigenvalue weighted by atomic mass is 10.2. The van der Waals surface area contributed by atoms with Gasteiger partial charge in [0.15, 0.2) is 11.4 Å². The summed E-state index contributed by atoms with van der Waals surface area (Å²) < 4.78 is 6.93. The molecule has 2 aromatic heterocycles. The number of hydrogen-bond donors (Lipinski definition) is 1. The monoisotopic (exact) mass is 374 g/mol. The molecule has 1 N–H and O–H groups in total. The van der Waals surface area contributed by atoms with E-state index in [0.29, 0.717) is 29.2 Å². The molecule has 0 radical (unpaired) electrons. The molecule has 0 aliphatic carbocycles. The van der Waals surface area contributed by atoms with Crippen molar-refractivity contribution in [2.75, 3.05) is 12.4 Å². The lowest BCUT2D eigenvalue weighted by Gasteiger charge is -2.08. The van der Waals surface area contributed by atoms with E-state index < -0.39 is 10.8 Å². The van der Waals surface area contributed by atoms with E-state index in [2.05, 4.69) is 10.3 Å². The predicted octanol–water partition coefficient (Wildman–Crippen LogP) is 3.72. The van der Waals surface area contributed by atoms with E-state index in [1.165, 1.54) is 25.3 Å². The molecule has 0 saturated carbocycles. The number of nitrogens with zero attached hydrogens (tertiary/aromatic N) is 3. The van der Waals surface area contributed by atoms with Gasteiger partial charge in [-0.3, -0.25) is 19.3 Å². The van der Waals surface area contributed by atoms with Crippen LogP contribution in [0.1, 0.15) is 23.1 Å². The van der Waals surface area contributed by atoms with Crippen LogP contribution in [-0.4, -0.2) is 27.3 Å². The number of fused-ring (bicyclic) bond motifs is 1. The largest absolute Gasteiger partial charge is 0.493 e. The molecule has 0 saturated heterocycles. The standard InChI is InChI=1S/C17H15ClN4O4/c1-3-12-15(21-8-4-5-14(26-2)16(21)20-12)17(23)19-10-6-7-11(18)13(9-10)22(24)25/h4-9H,3H2,1-2H3,(H,19,23). The Kier molecular flexibility index (Phi) is 4.77. The molecule has 0 spiro atoms. The molecule has 0 aliphatic heterocycles. The van der Waals surface area contributed by atoms with Gasteiger partial charge in [0.05, 0.1) is 17.7 Å². The Morgan fingerprint density at radius 1 is 1.42 bits per heavy atom. The van der Waals surface area contributed by atoms with Crippen molar-refractivity contribution in [2.45, 2.75) is 13.3 Å². The Labute approximate surface area is 153 Å². The van der Waals surface area contributed by atoms with Crippen molar-refractivity contribution in [2.24, 2.45) is 0 Å². The number of ether oxygens (including phenoxy) is 1. The molecule has 0 atom stereocenters. The Morgan fingerprint density at radius 2 is 2.19 bits per heavy atom. The topological polar surface area (TPSA) is 98.8 Å². The van der Waals surface area contributed by atoms with Gasteiger partial charge in [0.25, 0.3) is 11.6 Å². The Bertz CT molecular complexity index is 1020. The summed E-state index contributed by atoms with van der Waals surface area (Å²) in [7, 11) is 1.53. The maximum atomic E-state index is 12.8. The number of aryl methyl sites for hydroxylation is 1. The van der Waals surface area contributed by atoms with Crippen LogP contribution < -0.4 is 10.1 Å². The number of carbonyl (C=O) groups is 1. The number of aromatic nitrogens is 2. The quantitative estimate of drug-likeness (QED) is 0.542. The van der Waals surface area contributed by atoms with Crippen LogP contribution in [0.3, 0.4) is 0 Å². The smallest absolute Gasteiger partial charge is 0.289 e. The second kappa shape index (κ2) is 7.01. The summed E-state index contributed by atoms with van der Waals surface area (Å²) >= 11 is 5.80. The normalized spacial score (nSPS) is 10.7. The molecule has 1 aromatic carbocycles. The van der Waals surface area contributed by atoms with Crippen LogP contribution in [0.25, 0.3) is 5.65 Å². The number of nitrogens with one attached hydrogen (secondary N) is 1. The Hall–Kier alpha value is -3.13. The van der Waals surface area contributed by atoms with Gasteiger partial charge in [0, 0.05) is 18.0 Å². The van der Waals surface area contributed by atoms with Crippen LogP contribution in [0.4, 0.5) is 11.4 Å². The number of nitro groups is 1. The minimum atomic E-state index is -0.603. The van der Waals surface area contributed by atoms with E-state index in [-0.39, 0.29) is 16.4 Å². The van der Waals surface area contributed by atoms with Crippen LogP contribution in [0.2, 0.25) is 5.02 Å². The maximum absolute atomic E-state index is 12.8. The fraction of sp³-hybridized carbons (Fsp3) is 0.176. The molecule has 134 valence electrons. The molecule has 8 nitrogen and oxygen atoms in total. The van der Waals surface area contributed by atoms with Gasteiger partial charge in [-0.2, -0.15) is 0 Å². The highest BCUT2D eigenvalue weighted by Crippen LogP contribution is 2.28. The highest BCUT2D eigenvalue weighted by atomic mass is 35.5. The van der Waals surface area contributed by atoms with E-state index in [4.69, 9.17) is 16.3 Å². The number of pyridine rings is 1. The third kappa shape index (κ3) is 3.06. The number of hydrogen-bond acceptors (Lipinski definition) is 5. The van der Waals surface area contributed by atoms with E-state index in [1.54, 1.807) is 22.7 Å². The number of rotatable bonds is 5. The summed E-state index contributed by atoms with van der Waals surface area (Å²) in [6.45, 7) is 1.89. The minimum absolute atomic E-state index is 0.00165. The third-order valence-electron chi connectivity index (χ3n) is 3.86. The second-order valence-corrected chi connectivity index (χ2v) is 5.82. The van der Waals surface area contributed by atoms with Crippen molar-refractivity contribution in [1.82, 2.24) is 9.38 Å². The summed E-state index contributed by atoms with van der Waals surface area (Å²) in [6.07, 6.45) is 2.25. The van der Waals surface area contributed by atoms with Gasteiger partial charge in [-0.05, 0) is 30.7 Å². The number of imidazole rings is 1. The van der Waals surface area contributed by atoms with Gasteiger partial charge in [0.1, 0.15) is 10.7 Å². The first-order chi connectivity index (χ1) is 12.5. The van der Waals surface area contributed by atoms with E-state index in [9.17, 15) is 14.9 Å². The zero-order valence-corrected chi connectivity index (χ0v) is 14.8. The zero-order valence-electron chi connectivity index (χ0n) is 14.0. The highest BCUT2D eigenvalue weighted by Gasteiger charge is 2.21. The van der Waals surface area contributed by atoms with Crippen LogP contribution in [0, 0.1) is 10.1 Å². The van der Waals surface area contributed by atoms with Gasteiger partial charge >= 0.3 is 0 Å². The first kappa shape index (κ1) is 17.7.